The topological polar surface area (TPSA) is 7.76 Å². The van der Waals surface area contributed by atoms with Crippen LogP contribution >= 0.6 is 0 Å². The van der Waals surface area contributed by atoms with Crippen molar-refractivity contribution in [3.63, 3.8) is 0 Å². The van der Waals surface area contributed by atoms with Gasteiger partial charge in [-0.05, 0) is 28.8 Å². The van der Waals surface area contributed by atoms with Crippen molar-refractivity contribution in [2.75, 3.05) is 0 Å². The summed E-state index contributed by atoms with van der Waals surface area (Å²) in [5.74, 6) is 0. The molecule has 0 N–H and O–H groups in total. The van der Waals surface area contributed by atoms with Gasteiger partial charge in [-0.3, -0.25) is 0 Å². The van der Waals surface area contributed by atoms with Crippen LogP contribution in [0.5, 0.6) is 0 Å². The molecule has 0 aliphatic carbocycles. The van der Waals surface area contributed by atoms with Crippen molar-refractivity contribution in [3.8, 4) is 11.1 Å². The minimum Gasteiger partial charge on any atom is -0.208 e. The van der Waals surface area contributed by atoms with E-state index in [1.807, 2.05) is 19.2 Å². The third-order valence-corrected chi connectivity index (χ3v) is 5.18. The Morgan fingerprint density at radius 1 is 0.567 bits per heavy atom. The van der Waals surface area contributed by atoms with Crippen LogP contribution in [0.1, 0.15) is 22.4 Å². The lowest BCUT2D eigenvalue weighted by molar-refractivity contribution is -0.673. The molecule has 0 unspecified atom stereocenters. The Labute approximate surface area is 178 Å². The fourth-order valence-electron chi connectivity index (χ4n) is 3.48. The van der Waals surface area contributed by atoms with Crippen molar-refractivity contribution in [1.82, 2.24) is 0 Å². The molecular formula is C28H26N2+2. The summed E-state index contributed by atoms with van der Waals surface area (Å²) >= 11 is 0. The first kappa shape index (κ1) is 19.5. The van der Waals surface area contributed by atoms with Crippen molar-refractivity contribution in [1.29, 1.82) is 0 Å². The van der Waals surface area contributed by atoms with Crippen molar-refractivity contribution in [3.05, 3.63) is 120 Å². The van der Waals surface area contributed by atoms with E-state index < -0.39 is 0 Å². The van der Waals surface area contributed by atoms with Gasteiger partial charge >= 0.3 is 0 Å². The summed E-state index contributed by atoms with van der Waals surface area (Å²) < 4.78 is 4.23. The zero-order chi connectivity index (χ0) is 20.8. The van der Waals surface area contributed by atoms with E-state index in [1.54, 1.807) is 0 Å². The molecule has 0 spiro atoms. The van der Waals surface area contributed by atoms with E-state index in [1.165, 1.54) is 27.8 Å². The van der Waals surface area contributed by atoms with Gasteiger partial charge in [0, 0.05) is 29.8 Å². The molecule has 0 saturated carbocycles. The molecule has 4 aromatic rings. The number of hydrogen-bond donors (Lipinski definition) is 0. The van der Waals surface area contributed by atoms with Gasteiger partial charge in [0.1, 0.15) is 14.1 Å². The predicted octanol–water partition coefficient (Wildman–Crippen LogP) is 5.34. The summed E-state index contributed by atoms with van der Waals surface area (Å²) in [4.78, 5) is 0. The summed E-state index contributed by atoms with van der Waals surface area (Å²) in [6.45, 7) is 0. The third-order valence-electron chi connectivity index (χ3n) is 5.18. The average molecular weight is 391 g/mol. The van der Waals surface area contributed by atoms with Crippen LogP contribution in [0.25, 0.3) is 35.4 Å². The molecule has 2 aromatic heterocycles. The Bertz CT molecular complexity index is 1170. The first-order valence-corrected chi connectivity index (χ1v) is 10.2. The molecule has 2 heteroatoms. The van der Waals surface area contributed by atoms with Crippen LogP contribution in [0.3, 0.4) is 0 Å². The highest BCUT2D eigenvalue weighted by Crippen LogP contribution is 2.27. The highest BCUT2D eigenvalue weighted by atomic mass is 14.9. The number of pyridine rings is 2. The zero-order valence-electron chi connectivity index (χ0n) is 17.4. The largest absolute Gasteiger partial charge is 0.212 e. The fraction of sp³-hybridized carbons (Fsp3) is 0.0714. The Hall–Kier alpha value is -3.78. The second-order valence-corrected chi connectivity index (χ2v) is 7.38. The lowest BCUT2D eigenvalue weighted by Crippen LogP contribution is -2.32. The van der Waals surface area contributed by atoms with Crippen LogP contribution in [-0.2, 0) is 14.1 Å². The maximum Gasteiger partial charge on any atom is 0.212 e. The van der Waals surface area contributed by atoms with Crippen LogP contribution in [0.2, 0.25) is 0 Å². The molecule has 2 nitrogen and oxygen atoms in total. The Kier molecular flexibility index (Phi) is 5.95. The standard InChI is InChI=1S/C28H26N2/c1-29-20-17-25(18-21-29)26-19-22-30(2)28(16-14-24-11-7-4-8-12-24)27(26)15-13-23-9-5-3-6-10-23/h3-22H,1-2H3/q+2. The van der Waals surface area contributed by atoms with Crippen molar-refractivity contribution in [2.24, 2.45) is 14.1 Å². The number of benzene rings is 2. The van der Waals surface area contributed by atoms with Crippen LogP contribution < -0.4 is 9.13 Å². The predicted molar refractivity (Wildman–Crippen MR) is 125 cm³/mol. The van der Waals surface area contributed by atoms with E-state index in [9.17, 15) is 0 Å². The van der Waals surface area contributed by atoms with Gasteiger partial charge in [-0.2, -0.15) is 0 Å². The van der Waals surface area contributed by atoms with Gasteiger partial charge in [-0.15, -0.1) is 0 Å². The average Bonchev–Trinajstić information content (AvgIpc) is 2.79. The molecule has 2 heterocycles. The first-order valence-electron chi connectivity index (χ1n) is 10.2. The van der Waals surface area contributed by atoms with Crippen molar-refractivity contribution >= 4 is 24.3 Å². The van der Waals surface area contributed by atoms with E-state index in [-0.39, 0.29) is 0 Å². The van der Waals surface area contributed by atoms with E-state index in [0.717, 1.165) is 5.69 Å². The van der Waals surface area contributed by atoms with Crippen LogP contribution in [0, 0.1) is 0 Å². The van der Waals surface area contributed by atoms with Crippen molar-refractivity contribution < 1.29 is 9.13 Å². The van der Waals surface area contributed by atoms with Crippen molar-refractivity contribution in [2.45, 2.75) is 0 Å². The molecule has 0 saturated heterocycles. The summed E-state index contributed by atoms with van der Waals surface area (Å²) in [7, 11) is 4.14. The molecule has 146 valence electrons. The normalized spacial score (nSPS) is 11.4. The lowest BCUT2D eigenvalue weighted by Gasteiger charge is -2.08. The van der Waals surface area contributed by atoms with Gasteiger partial charge in [0.25, 0.3) is 0 Å². The second-order valence-electron chi connectivity index (χ2n) is 7.38. The summed E-state index contributed by atoms with van der Waals surface area (Å²) in [6.07, 6.45) is 15.1. The first-order chi connectivity index (χ1) is 14.7. The molecule has 0 atom stereocenters. The van der Waals surface area contributed by atoms with E-state index in [0.29, 0.717) is 0 Å². The van der Waals surface area contributed by atoms with E-state index >= 15 is 0 Å². The molecule has 0 radical (unpaired) electrons. The maximum absolute atomic E-state index is 2.22. The quantitative estimate of drug-likeness (QED) is 0.406. The van der Waals surface area contributed by atoms with Crippen LogP contribution in [-0.4, -0.2) is 0 Å². The highest BCUT2D eigenvalue weighted by Gasteiger charge is 2.16. The van der Waals surface area contributed by atoms with Gasteiger partial charge in [-0.1, -0.05) is 66.7 Å². The van der Waals surface area contributed by atoms with Gasteiger partial charge in [0.05, 0.1) is 5.56 Å². The molecule has 30 heavy (non-hydrogen) atoms. The van der Waals surface area contributed by atoms with E-state index in [4.69, 9.17) is 0 Å². The third kappa shape index (κ3) is 4.61. The molecule has 4 rings (SSSR count). The smallest absolute Gasteiger partial charge is 0.208 e. The number of nitrogens with zero attached hydrogens (tertiary/aromatic N) is 2. The van der Waals surface area contributed by atoms with Crippen LogP contribution in [0.4, 0.5) is 0 Å². The SMILES string of the molecule is C[n+]1ccc(-c2cc[n+](C)c(C=Cc3ccccc3)c2C=Cc2ccccc2)cc1. The van der Waals surface area contributed by atoms with Crippen LogP contribution in [0.15, 0.2) is 97.5 Å². The Morgan fingerprint density at radius 2 is 1.13 bits per heavy atom. The van der Waals surface area contributed by atoms with Gasteiger partial charge < -0.3 is 0 Å². The molecule has 0 bridgehead atoms. The Balaban J connectivity index is 1.85. The molecule has 2 aromatic carbocycles. The molecule has 0 fully saturated rings. The highest BCUT2D eigenvalue weighted by molar-refractivity contribution is 5.85. The number of hydrogen-bond acceptors (Lipinski definition) is 0. The number of aryl methyl sites for hydroxylation is 2. The number of rotatable bonds is 5. The molecule has 0 amide bonds. The number of aromatic nitrogens is 2. The maximum atomic E-state index is 2.22. The van der Waals surface area contributed by atoms with Gasteiger partial charge in [0.2, 0.25) is 5.69 Å². The molecule has 0 aliphatic heterocycles. The lowest BCUT2D eigenvalue weighted by atomic mass is 9.97. The summed E-state index contributed by atoms with van der Waals surface area (Å²) in [5.41, 5.74) is 7.16. The van der Waals surface area contributed by atoms with E-state index in [2.05, 4.69) is 126 Å². The Morgan fingerprint density at radius 3 is 1.73 bits per heavy atom. The minimum absolute atomic E-state index is 1.16. The monoisotopic (exact) mass is 390 g/mol. The van der Waals surface area contributed by atoms with Gasteiger partial charge in [-0.25, -0.2) is 9.13 Å². The van der Waals surface area contributed by atoms with Gasteiger partial charge in [0.15, 0.2) is 18.6 Å². The summed E-state index contributed by atoms with van der Waals surface area (Å²) in [5, 5.41) is 0. The zero-order valence-corrected chi connectivity index (χ0v) is 17.4. The molecular weight excluding hydrogens is 364 g/mol. The minimum atomic E-state index is 1.16. The summed E-state index contributed by atoms with van der Waals surface area (Å²) in [6, 6.07) is 27.4. The second kappa shape index (κ2) is 9.15. The molecule has 0 aliphatic rings. The fourth-order valence-corrected chi connectivity index (χ4v) is 3.48.